The summed E-state index contributed by atoms with van der Waals surface area (Å²) in [6.07, 6.45) is 0. The number of H-pyrrole nitrogens is 1. The highest BCUT2D eigenvalue weighted by atomic mass is 16.2. The number of amides is 1. The van der Waals surface area contributed by atoms with Crippen molar-refractivity contribution >= 4 is 11.6 Å². The number of rotatable bonds is 2. The van der Waals surface area contributed by atoms with Crippen LogP contribution in [-0.2, 0) is 0 Å². The first-order valence-corrected chi connectivity index (χ1v) is 5.93. The van der Waals surface area contributed by atoms with Crippen molar-refractivity contribution in [2.24, 2.45) is 0 Å². The zero-order valence-electron chi connectivity index (χ0n) is 11.1. The molecular formula is C14H15N3O2. The number of hydrogen-bond donors (Lipinski definition) is 2. The fourth-order valence-corrected chi connectivity index (χ4v) is 1.82. The lowest BCUT2D eigenvalue weighted by Crippen LogP contribution is -2.26. The molecule has 0 aliphatic rings. The maximum Gasteiger partial charge on any atom is 0.264 e. The van der Waals surface area contributed by atoms with Gasteiger partial charge in [0.1, 0.15) is 11.4 Å². The number of carbonyl (C=O) groups is 1. The van der Waals surface area contributed by atoms with Crippen molar-refractivity contribution in [2.45, 2.75) is 20.8 Å². The summed E-state index contributed by atoms with van der Waals surface area (Å²) in [5.41, 5.74) is 1.80. The lowest BCUT2D eigenvalue weighted by atomic mass is 10.2. The Bertz CT molecular complexity index is 672. The Morgan fingerprint density at radius 2 is 1.79 bits per heavy atom. The molecule has 1 aromatic heterocycles. The van der Waals surface area contributed by atoms with Gasteiger partial charge in [-0.25, -0.2) is 4.98 Å². The largest absolute Gasteiger partial charge is 0.322 e. The predicted molar refractivity (Wildman–Crippen MR) is 73.5 cm³/mol. The molecule has 1 heterocycles. The molecule has 0 aliphatic carbocycles. The van der Waals surface area contributed by atoms with E-state index in [2.05, 4.69) is 15.3 Å². The monoisotopic (exact) mass is 257 g/mol. The molecule has 5 nitrogen and oxygen atoms in total. The van der Waals surface area contributed by atoms with Gasteiger partial charge in [-0.15, -0.1) is 0 Å². The number of aryl methyl sites for hydroxylation is 3. The summed E-state index contributed by atoms with van der Waals surface area (Å²) in [7, 11) is 0. The number of hydrogen-bond acceptors (Lipinski definition) is 3. The predicted octanol–water partition coefficient (Wildman–Crippen LogP) is 1.95. The first kappa shape index (κ1) is 13.0. The quantitative estimate of drug-likeness (QED) is 0.863. The summed E-state index contributed by atoms with van der Waals surface area (Å²) < 4.78 is 0. The highest BCUT2D eigenvalue weighted by molar-refractivity contribution is 6.04. The van der Waals surface area contributed by atoms with Crippen LogP contribution in [0.4, 0.5) is 5.69 Å². The minimum absolute atomic E-state index is 0.0474. The van der Waals surface area contributed by atoms with Gasteiger partial charge in [0, 0.05) is 5.69 Å². The molecule has 0 aliphatic heterocycles. The fourth-order valence-electron chi connectivity index (χ4n) is 1.82. The number of aromatic nitrogens is 2. The second kappa shape index (κ2) is 5.06. The van der Waals surface area contributed by atoms with Crippen molar-refractivity contribution in [3.8, 4) is 0 Å². The van der Waals surface area contributed by atoms with E-state index in [0.29, 0.717) is 17.2 Å². The van der Waals surface area contributed by atoms with E-state index in [9.17, 15) is 9.59 Å². The van der Waals surface area contributed by atoms with Gasteiger partial charge in [-0.05, 0) is 32.9 Å². The van der Waals surface area contributed by atoms with Gasteiger partial charge in [-0.2, -0.15) is 0 Å². The van der Waals surface area contributed by atoms with Crippen molar-refractivity contribution < 1.29 is 4.79 Å². The van der Waals surface area contributed by atoms with Crippen molar-refractivity contribution in [3.05, 3.63) is 57.3 Å². The van der Waals surface area contributed by atoms with Crippen LogP contribution in [0.25, 0.3) is 0 Å². The maximum atomic E-state index is 12.1. The molecule has 0 fully saturated rings. The van der Waals surface area contributed by atoms with Gasteiger partial charge in [-0.1, -0.05) is 17.7 Å². The number of nitrogens with one attached hydrogen (secondary N) is 2. The third-order valence-corrected chi connectivity index (χ3v) is 2.76. The SMILES string of the molecule is Cc1ccc(NC(=O)c2c(C)nc(C)[nH]c2=O)cc1. The summed E-state index contributed by atoms with van der Waals surface area (Å²) in [5, 5.41) is 2.69. The van der Waals surface area contributed by atoms with E-state index in [4.69, 9.17) is 0 Å². The van der Waals surface area contributed by atoms with Gasteiger partial charge in [0.25, 0.3) is 11.5 Å². The first-order valence-electron chi connectivity index (χ1n) is 5.93. The van der Waals surface area contributed by atoms with Crippen LogP contribution < -0.4 is 10.9 Å². The zero-order valence-corrected chi connectivity index (χ0v) is 11.1. The Morgan fingerprint density at radius 1 is 1.16 bits per heavy atom. The highest BCUT2D eigenvalue weighted by Gasteiger charge is 2.15. The van der Waals surface area contributed by atoms with Crippen molar-refractivity contribution in [3.63, 3.8) is 0 Å². The van der Waals surface area contributed by atoms with Crippen LogP contribution in [0, 0.1) is 20.8 Å². The topological polar surface area (TPSA) is 74.8 Å². The normalized spacial score (nSPS) is 10.3. The van der Waals surface area contributed by atoms with Crippen LogP contribution in [-0.4, -0.2) is 15.9 Å². The molecule has 0 spiro atoms. The molecule has 0 radical (unpaired) electrons. The molecule has 0 saturated heterocycles. The molecule has 2 N–H and O–H groups in total. The van der Waals surface area contributed by atoms with Gasteiger partial charge in [0.2, 0.25) is 0 Å². The molecule has 0 saturated carbocycles. The standard InChI is InChI=1S/C14H15N3O2/c1-8-4-6-11(7-5-8)17-14(19)12-9(2)15-10(3)16-13(12)18/h4-7H,1-3H3,(H,17,19)(H,15,16,18). The Kier molecular flexibility index (Phi) is 3.46. The highest BCUT2D eigenvalue weighted by Crippen LogP contribution is 2.10. The zero-order chi connectivity index (χ0) is 14.0. The molecule has 0 unspecified atom stereocenters. The smallest absolute Gasteiger partial charge is 0.264 e. The number of aromatic amines is 1. The molecule has 1 aromatic carbocycles. The molecule has 2 rings (SSSR count). The Labute approximate surface area is 110 Å². The van der Waals surface area contributed by atoms with E-state index in [1.807, 2.05) is 19.1 Å². The number of carbonyl (C=O) groups excluding carboxylic acids is 1. The van der Waals surface area contributed by atoms with Crippen molar-refractivity contribution in [2.75, 3.05) is 5.32 Å². The van der Waals surface area contributed by atoms with E-state index in [-0.39, 0.29) is 5.56 Å². The average molecular weight is 257 g/mol. The summed E-state index contributed by atoms with van der Waals surface area (Å²) >= 11 is 0. The molecule has 2 aromatic rings. The molecule has 1 amide bonds. The summed E-state index contributed by atoms with van der Waals surface area (Å²) in [4.78, 5) is 30.5. The van der Waals surface area contributed by atoms with Crippen LogP contribution in [0.1, 0.15) is 27.4 Å². The van der Waals surface area contributed by atoms with Crippen LogP contribution >= 0.6 is 0 Å². The van der Waals surface area contributed by atoms with E-state index >= 15 is 0 Å². The molecular weight excluding hydrogens is 242 g/mol. The average Bonchev–Trinajstić information content (AvgIpc) is 2.30. The van der Waals surface area contributed by atoms with E-state index < -0.39 is 11.5 Å². The second-order valence-electron chi connectivity index (χ2n) is 4.43. The van der Waals surface area contributed by atoms with Crippen LogP contribution in [0.15, 0.2) is 29.1 Å². The molecule has 19 heavy (non-hydrogen) atoms. The molecule has 5 heteroatoms. The van der Waals surface area contributed by atoms with Gasteiger partial charge in [0.15, 0.2) is 0 Å². The molecule has 0 bridgehead atoms. The summed E-state index contributed by atoms with van der Waals surface area (Å²) in [6, 6.07) is 7.36. The lowest BCUT2D eigenvalue weighted by Gasteiger charge is -2.07. The number of anilines is 1. The Balaban J connectivity index is 2.30. The van der Waals surface area contributed by atoms with Gasteiger partial charge >= 0.3 is 0 Å². The van der Waals surface area contributed by atoms with E-state index in [0.717, 1.165) is 5.56 Å². The fraction of sp³-hybridized carbons (Fsp3) is 0.214. The third-order valence-electron chi connectivity index (χ3n) is 2.76. The number of nitrogens with zero attached hydrogens (tertiary/aromatic N) is 1. The first-order chi connectivity index (χ1) is 8.97. The molecule has 0 atom stereocenters. The van der Waals surface area contributed by atoms with Crippen LogP contribution in [0.3, 0.4) is 0 Å². The van der Waals surface area contributed by atoms with Gasteiger partial charge < -0.3 is 10.3 Å². The molecule has 98 valence electrons. The van der Waals surface area contributed by atoms with Crippen LogP contribution in [0.2, 0.25) is 0 Å². The third kappa shape index (κ3) is 2.88. The van der Waals surface area contributed by atoms with Crippen molar-refractivity contribution in [1.29, 1.82) is 0 Å². The maximum absolute atomic E-state index is 12.1. The second-order valence-corrected chi connectivity index (χ2v) is 4.43. The number of benzene rings is 1. The minimum Gasteiger partial charge on any atom is -0.322 e. The van der Waals surface area contributed by atoms with E-state index in [1.165, 1.54) is 0 Å². The summed E-state index contributed by atoms with van der Waals surface area (Å²) in [5.74, 6) is 0.0458. The van der Waals surface area contributed by atoms with Crippen molar-refractivity contribution in [1.82, 2.24) is 9.97 Å². The summed E-state index contributed by atoms with van der Waals surface area (Å²) in [6.45, 7) is 5.28. The van der Waals surface area contributed by atoms with Gasteiger partial charge in [0.05, 0.1) is 5.69 Å². The Morgan fingerprint density at radius 3 is 2.37 bits per heavy atom. The lowest BCUT2D eigenvalue weighted by molar-refractivity contribution is 0.102. The van der Waals surface area contributed by atoms with Gasteiger partial charge in [-0.3, -0.25) is 9.59 Å². The minimum atomic E-state index is -0.449. The van der Waals surface area contributed by atoms with Crippen LogP contribution in [0.5, 0.6) is 0 Å². The van der Waals surface area contributed by atoms with E-state index in [1.54, 1.807) is 26.0 Å². The Hall–Kier alpha value is -2.43.